The number of ether oxygens (including phenoxy) is 1. The number of carbonyl (C=O) groups is 2. The number of hydrogen-bond acceptors (Lipinski definition) is 5. The molecule has 0 bridgehead atoms. The van der Waals surface area contributed by atoms with Crippen molar-refractivity contribution in [3.63, 3.8) is 0 Å². The summed E-state index contributed by atoms with van der Waals surface area (Å²) in [6, 6.07) is 20.8. The Labute approximate surface area is 179 Å². The van der Waals surface area contributed by atoms with E-state index in [2.05, 4.69) is 4.98 Å². The maximum Gasteiger partial charge on any atom is 0.268 e. The summed E-state index contributed by atoms with van der Waals surface area (Å²) in [7, 11) is 1.59. The van der Waals surface area contributed by atoms with Crippen LogP contribution in [0.5, 0.6) is 5.75 Å². The molecule has 3 aromatic rings. The minimum atomic E-state index is -0.280. The van der Waals surface area contributed by atoms with Gasteiger partial charge < -0.3 is 4.74 Å². The second-order valence-electron chi connectivity index (χ2n) is 6.76. The van der Waals surface area contributed by atoms with Crippen LogP contribution >= 0.6 is 11.8 Å². The summed E-state index contributed by atoms with van der Waals surface area (Å²) >= 11 is 1.40. The first-order chi connectivity index (χ1) is 14.7. The molecule has 0 N–H and O–H groups in total. The molecule has 30 heavy (non-hydrogen) atoms. The van der Waals surface area contributed by atoms with E-state index in [1.54, 1.807) is 31.6 Å². The number of nitrogens with zero attached hydrogens (tertiary/aromatic N) is 2. The summed E-state index contributed by atoms with van der Waals surface area (Å²) in [5.41, 5.74) is 3.10. The van der Waals surface area contributed by atoms with Crippen molar-refractivity contribution in [2.45, 2.75) is 12.3 Å². The topological polar surface area (TPSA) is 59.5 Å². The number of rotatable bonds is 7. The third-order valence-electron chi connectivity index (χ3n) is 4.82. The molecule has 0 fully saturated rings. The van der Waals surface area contributed by atoms with Gasteiger partial charge >= 0.3 is 0 Å². The quantitative estimate of drug-likeness (QED) is 0.538. The molecule has 150 valence electrons. The van der Waals surface area contributed by atoms with Gasteiger partial charge in [0.2, 0.25) is 0 Å². The van der Waals surface area contributed by atoms with Gasteiger partial charge in [-0.2, -0.15) is 0 Å². The van der Waals surface area contributed by atoms with Crippen LogP contribution in [0.2, 0.25) is 0 Å². The smallest absolute Gasteiger partial charge is 0.268 e. The van der Waals surface area contributed by atoms with Gasteiger partial charge in [0.15, 0.2) is 0 Å². The number of methoxy groups -OCH3 is 1. The second kappa shape index (κ2) is 8.97. The van der Waals surface area contributed by atoms with Crippen LogP contribution in [0.4, 0.5) is 0 Å². The molecule has 4 rings (SSSR count). The van der Waals surface area contributed by atoms with Gasteiger partial charge in [-0.3, -0.25) is 19.5 Å². The van der Waals surface area contributed by atoms with Crippen LogP contribution in [-0.4, -0.2) is 28.8 Å². The molecule has 6 heteroatoms. The summed E-state index contributed by atoms with van der Waals surface area (Å²) in [5.74, 6) is 0.766. The Morgan fingerprint density at radius 2 is 1.57 bits per heavy atom. The van der Waals surface area contributed by atoms with Gasteiger partial charge in [-0.05, 0) is 41.0 Å². The highest BCUT2D eigenvalue weighted by molar-refractivity contribution is 8.03. The average Bonchev–Trinajstić information content (AvgIpc) is 3.03. The van der Waals surface area contributed by atoms with Gasteiger partial charge in [0, 0.05) is 18.1 Å². The Kier molecular flexibility index (Phi) is 5.95. The number of imide groups is 1. The van der Waals surface area contributed by atoms with Crippen molar-refractivity contribution in [3.8, 4) is 5.75 Å². The van der Waals surface area contributed by atoms with Gasteiger partial charge in [0.25, 0.3) is 11.8 Å². The Morgan fingerprint density at radius 3 is 2.23 bits per heavy atom. The van der Waals surface area contributed by atoms with Crippen molar-refractivity contribution in [1.29, 1.82) is 0 Å². The van der Waals surface area contributed by atoms with E-state index in [9.17, 15) is 9.59 Å². The third kappa shape index (κ3) is 4.14. The molecule has 1 aliphatic heterocycles. The van der Waals surface area contributed by atoms with E-state index < -0.39 is 0 Å². The van der Waals surface area contributed by atoms with Gasteiger partial charge in [-0.15, -0.1) is 11.8 Å². The van der Waals surface area contributed by atoms with Crippen molar-refractivity contribution in [2.24, 2.45) is 0 Å². The summed E-state index contributed by atoms with van der Waals surface area (Å²) in [6.07, 6.45) is 3.31. The molecule has 2 aromatic carbocycles. The number of hydrogen-bond donors (Lipinski definition) is 0. The molecule has 1 aromatic heterocycles. The van der Waals surface area contributed by atoms with Gasteiger partial charge in [-0.1, -0.05) is 42.5 Å². The molecule has 0 spiro atoms. The fraction of sp³-hybridized carbons (Fsp3) is 0.125. The average molecular weight is 417 g/mol. The van der Waals surface area contributed by atoms with E-state index in [-0.39, 0.29) is 18.4 Å². The first-order valence-electron chi connectivity index (χ1n) is 9.48. The molecule has 0 radical (unpaired) electrons. The number of amides is 2. The summed E-state index contributed by atoms with van der Waals surface area (Å²) < 4.78 is 5.22. The molecule has 0 saturated heterocycles. The first kappa shape index (κ1) is 19.9. The first-order valence-corrected chi connectivity index (χ1v) is 10.5. The second-order valence-corrected chi connectivity index (χ2v) is 7.74. The van der Waals surface area contributed by atoms with Crippen LogP contribution in [0.15, 0.2) is 84.0 Å². The molecule has 1 aliphatic rings. The van der Waals surface area contributed by atoms with E-state index in [0.29, 0.717) is 27.5 Å². The van der Waals surface area contributed by atoms with Crippen LogP contribution in [0.25, 0.3) is 5.57 Å². The molecule has 0 unspecified atom stereocenters. The SMILES string of the molecule is COc1ccc(C2=C(SCc3ccccc3)C(=O)N(Cc3ccncc3)C2=O)cc1. The van der Waals surface area contributed by atoms with Crippen molar-refractivity contribution >= 4 is 29.1 Å². The lowest BCUT2D eigenvalue weighted by molar-refractivity contribution is -0.137. The van der Waals surface area contributed by atoms with E-state index in [1.807, 2.05) is 54.6 Å². The molecular weight excluding hydrogens is 396 g/mol. The lowest BCUT2D eigenvalue weighted by Gasteiger charge is -2.15. The monoisotopic (exact) mass is 416 g/mol. The fourth-order valence-corrected chi connectivity index (χ4v) is 4.33. The van der Waals surface area contributed by atoms with E-state index in [1.165, 1.54) is 16.7 Å². The van der Waals surface area contributed by atoms with Crippen molar-refractivity contribution < 1.29 is 14.3 Å². The van der Waals surface area contributed by atoms with Gasteiger partial charge in [0.1, 0.15) is 5.75 Å². The van der Waals surface area contributed by atoms with Gasteiger partial charge in [-0.25, -0.2) is 0 Å². The minimum Gasteiger partial charge on any atom is -0.497 e. The zero-order chi connectivity index (χ0) is 20.9. The fourth-order valence-electron chi connectivity index (χ4n) is 3.24. The van der Waals surface area contributed by atoms with Gasteiger partial charge in [0.05, 0.1) is 24.1 Å². The summed E-state index contributed by atoms with van der Waals surface area (Å²) in [6.45, 7) is 0.217. The van der Waals surface area contributed by atoms with Crippen LogP contribution in [0, 0.1) is 0 Å². The van der Waals surface area contributed by atoms with Crippen LogP contribution in [0.3, 0.4) is 0 Å². The zero-order valence-electron chi connectivity index (χ0n) is 16.4. The molecular formula is C24H20N2O3S. The largest absolute Gasteiger partial charge is 0.497 e. The van der Waals surface area contributed by atoms with Crippen LogP contribution < -0.4 is 4.74 Å². The molecule has 0 aliphatic carbocycles. The predicted octanol–water partition coefficient (Wildman–Crippen LogP) is 4.30. The number of pyridine rings is 1. The summed E-state index contributed by atoms with van der Waals surface area (Å²) in [5, 5.41) is 0. The summed E-state index contributed by atoms with van der Waals surface area (Å²) in [4.78, 5) is 32.3. The highest BCUT2D eigenvalue weighted by atomic mass is 32.2. The standard InChI is InChI=1S/C24H20N2O3S/c1-29-20-9-7-19(8-10-20)21-22(30-16-18-5-3-2-4-6-18)24(28)26(23(21)27)15-17-11-13-25-14-12-17/h2-14H,15-16H2,1H3. The molecule has 2 amide bonds. The maximum atomic E-state index is 13.3. The van der Waals surface area contributed by atoms with Crippen LogP contribution in [0.1, 0.15) is 16.7 Å². The highest BCUT2D eigenvalue weighted by Crippen LogP contribution is 2.38. The highest BCUT2D eigenvalue weighted by Gasteiger charge is 2.39. The van der Waals surface area contributed by atoms with E-state index in [4.69, 9.17) is 4.74 Å². The third-order valence-corrected chi connectivity index (χ3v) is 5.97. The van der Waals surface area contributed by atoms with Crippen LogP contribution in [-0.2, 0) is 21.9 Å². The minimum absolute atomic E-state index is 0.217. The Bertz CT molecular complexity index is 1080. The predicted molar refractivity (Wildman–Crippen MR) is 117 cm³/mol. The normalized spacial score (nSPS) is 13.8. The Morgan fingerprint density at radius 1 is 0.867 bits per heavy atom. The maximum absolute atomic E-state index is 13.3. The molecule has 0 saturated carbocycles. The lowest BCUT2D eigenvalue weighted by atomic mass is 10.1. The Balaban J connectivity index is 1.67. The number of carbonyl (C=O) groups excluding carboxylic acids is 2. The molecule has 5 nitrogen and oxygen atoms in total. The molecule has 0 atom stereocenters. The van der Waals surface area contributed by atoms with Crippen molar-refractivity contribution in [1.82, 2.24) is 9.88 Å². The Hall–Kier alpha value is -3.38. The number of benzene rings is 2. The van der Waals surface area contributed by atoms with E-state index >= 15 is 0 Å². The zero-order valence-corrected chi connectivity index (χ0v) is 17.3. The van der Waals surface area contributed by atoms with E-state index in [0.717, 1.165) is 11.1 Å². The molecule has 2 heterocycles. The lowest BCUT2D eigenvalue weighted by Crippen LogP contribution is -2.30. The number of thioether (sulfide) groups is 1. The van der Waals surface area contributed by atoms with Crippen molar-refractivity contribution in [2.75, 3.05) is 7.11 Å². The number of aromatic nitrogens is 1. The van der Waals surface area contributed by atoms with Crippen molar-refractivity contribution in [3.05, 3.63) is 101 Å².